The number of aliphatic hydroxyl groups is 2. The topological polar surface area (TPSA) is 64.2 Å². The molecule has 0 saturated carbocycles. The van der Waals surface area contributed by atoms with Gasteiger partial charge in [-0.15, -0.1) is 0 Å². The quantitative estimate of drug-likeness (QED) is 0.638. The second kappa shape index (κ2) is 7.54. The van der Waals surface area contributed by atoms with E-state index in [0.29, 0.717) is 6.42 Å². The first kappa shape index (κ1) is 13.2. The number of rotatable bonds is 6. The lowest BCUT2D eigenvalue weighted by molar-refractivity contribution is 0.0437. The van der Waals surface area contributed by atoms with Gasteiger partial charge in [0.05, 0.1) is 18.3 Å². The van der Waals surface area contributed by atoms with Gasteiger partial charge < -0.3 is 10.2 Å². The van der Waals surface area contributed by atoms with Gasteiger partial charge in [-0.1, -0.05) is 25.0 Å². The van der Waals surface area contributed by atoms with Gasteiger partial charge in [-0.05, 0) is 19.8 Å². The zero-order chi connectivity index (χ0) is 11.0. The maximum atomic E-state index is 9.51. The smallest absolute Gasteiger partial charge is 0.0982 e. The van der Waals surface area contributed by atoms with Crippen LogP contribution in [-0.4, -0.2) is 22.4 Å². The van der Waals surface area contributed by atoms with Gasteiger partial charge in [-0.3, -0.25) is 0 Å². The summed E-state index contributed by atoms with van der Waals surface area (Å²) in [6, 6.07) is 1.94. The molecule has 0 bridgehead atoms. The van der Waals surface area contributed by atoms with Crippen molar-refractivity contribution in [1.29, 1.82) is 5.26 Å². The average molecular weight is 197 g/mol. The van der Waals surface area contributed by atoms with E-state index in [4.69, 9.17) is 5.26 Å². The van der Waals surface area contributed by atoms with Crippen molar-refractivity contribution in [3.05, 3.63) is 11.6 Å². The standard InChI is InChI=1S/C11H19NO2/c1-3-5-9(2)8-11(14)10(13)6-4-7-12/h8,10-11,13-14H,3-6H2,1-2H3/b9-8-/t10-,11+/m0/s1. The molecule has 0 aromatic carbocycles. The van der Waals surface area contributed by atoms with E-state index in [1.54, 1.807) is 6.08 Å². The zero-order valence-electron chi connectivity index (χ0n) is 8.90. The second-order valence-electron chi connectivity index (χ2n) is 3.52. The van der Waals surface area contributed by atoms with Crippen LogP contribution >= 0.6 is 0 Å². The third kappa shape index (κ3) is 5.74. The predicted molar refractivity (Wildman–Crippen MR) is 55.5 cm³/mol. The summed E-state index contributed by atoms with van der Waals surface area (Å²) in [6.07, 6.45) is 2.58. The van der Waals surface area contributed by atoms with E-state index < -0.39 is 12.2 Å². The molecule has 0 spiro atoms. The molecule has 0 amide bonds. The number of allylic oxidation sites excluding steroid dienone is 1. The van der Waals surface area contributed by atoms with Gasteiger partial charge in [0.25, 0.3) is 0 Å². The Kier molecular flexibility index (Phi) is 7.09. The molecule has 80 valence electrons. The number of aliphatic hydroxyl groups excluding tert-OH is 2. The summed E-state index contributed by atoms with van der Waals surface area (Å²) < 4.78 is 0. The largest absolute Gasteiger partial charge is 0.390 e. The molecule has 0 radical (unpaired) electrons. The van der Waals surface area contributed by atoms with E-state index in [1.165, 1.54) is 0 Å². The molecule has 0 aliphatic carbocycles. The second-order valence-corrected chi connectivity index (χ2v) is 3.52. The molecule has 0 heterocycles. The van der Waals surface area contributed by atoms with Crippen molar-refractivity contribution in [2.24, 2.45) is 0 Å². The highest BCUT2D eigenvalue weighted by atomic mass is 16.3. The average Bonchev–Trinajstić information content (AvgIpc) is 2.14. The Morgan fingerprint density at radius 3 is 2.64 bits per heavy atom. The summed E-state index contributed by atoms with van der Waals surface area (Å²) in [6.45, 7) is 4.00. The lowest BCUT2D eigenvalue weighted by Crippen LogP contribution is -2.23. The zero-order valence-corrected chi connectivity index (χ0v) is 8.90. The summed E-state index contributed by atoms with van der Waals surface area (Å²) in [5.41, 5.74) is 1.08. The Hall–Kier alpha value is -0.850. The van der Waals surface area contributed by atoms with Gasteiger partial charge in [0.1, 0.15) is 0 Å². The first-order valence-electron chi connectivity index (χ1n) is 5.02. The molecule has 0 aromatic heterocycles. The number of nitrogens with zero attached hydrogens (tertiary/aromatic N) is 1. The maximum Gasteiger partial charge on any atom is 0.0982 e. The van der Waals surface area contributed by atoms with E-state index in [0.717, 1.165) is 18.4 Å². The monoisotopic (exact) mass is 197 g/mol. The highest BCUT2D eigenvalue weighted by Crippen LogP contribution is 2.09. The van der Waals surface area contributed by atoms with E-state index in [2.05, 4.69) is 6.92 Å². The van der Waals surface area contributed by atoms with Gasteiger partial charge in [0, 0.05) is 6.42 Å². The molecule has 2 atom stereocenters. The minimum Gasteiger partial charge on any atom is -0.390 e. The molecule has 0 saturated heterocycles. The highest BCUT2D eigenvalue weighted by molar-refractivity contribution is 5.03. The van der Waals surface area contributed by atoms with Crippen LogP contribution in [0.4, 0.5) is 0 Å². The highest BCUT2D eigenvalue weighted by Gasteiger charge is 2.12. The predicted octanol–water partition coefficient (Wildman–Crippen LogP) is 1.76. The summed E-state index contributed by atoms with van der Waals surface area (Å²) >= 11 is 0. The molecule has 2 N–H and O–H groups in total. The molecule has 14 heavy (non-hydrogen) atoms. The summed E-state index contributed by atoms with van der Waals surface area (Å²) in [7, 11) is 0. The van der Waals surface area contributed by atoms with E-state index in [1.807, 2.05) is 13.0 Å². The SMILES string of the molecule is CCC/C(C)=C\[C@@H](O)[C@@H](O)CCC#N. The Morgan fingerprint density at radius 1 is 1.50 bits per heavy atom. The van der Waals surface area contributed by atoms with E-state index in [9.17, 15) is 10.2 Å². The molecule has 0 fully saturated rings. The number of nitriles is 1. The third-order valence-corrected chi connectivity index (χ3v) is 2.05. The molecule has 3 heteroatoms. The first-order valence-corrected chi connectivity index (χ1v) is 5.02. The van der Waals surface area contributed by atoms with E-state index in [-0.39, 0.29) is 6.42 Å². The Bertz CT molecular complexity index is 218. The molecule has 0 rings (SSSR count). The molecule has 0 aromatic rings. The van der Waals surface area contributed by atoms with Crippen molar-refractivity contribution >= 4 is 0 Å². The number of hydrogen-bond donors (Lipinski definition) is 2. The van der Waals surface area contributed by atoms with Crippen LogP contribution in [0.15, 0.2) is 11.6 Å². The minimum atomic E-state index is -0.838. The summed E-state index contributed by atoms with van der Waals surface area (Å²) in [4.78, 5) is 0. The Labute approximate surface area is 85.7 Å². The van der Waals surface area contributed by atoms with Crippen molar-refractivity contribution in [1.82, 2.24) is 0 Å². The van der Waals surface area contributed by atoms with Crippen molar-refractivity contribution in [3.8, 4) is 6.07 Å². The van der Waals surface area contributed by atoms with Gasteiger partial charge >= 0.3 is 0 Å². The fourth-order valence-electron chi connectivity index (χ4n) is 1.26. The fourth-order valence-corrected chi connectivity index (χ4v) is 1.26. The molecule has 0 aliphatic rings. The molecule has 0 aliphatic heterocycles. The van der Waals surface area contributed by atoms with Crippen LogP contribution in [0.5, 0.6) is 0 Å². The molecule has 0 unspecified atom stereocenters. The minimum absolute atomic E-state index is 0.277. The lowest BCUT2D eigenvalue weighted by Gasteiger charge is -2.13. The van der Waals surface area contributed by atoms with Crippen molar-refractivity contribution < 1.29 is 10.2 Å². The van der Waals surface area contributed by atoms with Crippen molar-refractivity contribution in [2.75, 3.05) is 0 Å². The maximum absolute atomic E-state index is 9.51. The number of hydrogen-bond acceptors (Lipinski definition) is 3. The van der Waals surface area contributed by atoms with Crippen molar-refractivity contribution in [3.63, 3.8) is 0 Å². The Morgan fingerprint density at radius 2 is 2.14 bits per heavy atom. The van der Waals surface area contributed by atoms with Gasteiger partial charge in [-0.25, -0.2) is 0 Å². The van der Waals surface area contributed by atoms with Crippen LogP contribution in [0.3, 0.4) is 0 Å². The fraction of sp³-hybridized carbons (Fsp3) is 0.727. The summed E-state index contributed by atoms with van der Waals surface area (Å²) in [5.74, 6) is 0. The molecular formula is C11H19NO2. The lowest BCUT2D eigenvalue weighted by atomic mass is 10.0. The van der Waals surface area contributed by atoms with Crippen LogP contribution in [0.1, 0.15) is 39.5 Å². The van der Waals surface area contributed by atoms with Crippen LogP contribution in [0, 0.1) is 11.3 Å². The van der Waals surface area contributed by atoms with Crippen LogP contribution < -0.4 is 0 Å². The van der Waals surface area contributed by atoms with Gasteiger partial charge in [0.2, 0.25) is 0 Å². The normalized spacial score (nSPS) is 16.1. The van der Waals surface area contributed by atoms with Crippen LogP contribution in [0.2, 0.25) is 0 Å². The molecule has 3 nitrogen and oxygen atoms in total. The molecular weight excluding hydrogens is 178 g/mol. The van der Waals surface area contributed by atoms with Gasteiger partial charge in [0.15, 0.2) is 0 Å². The first-order chi connectivity index (χ1) is 6.61. The van der Waals surface area contributed by atoms with Crippen LogP contribution in [0.25, 0.3) is 0 Å². The third-order valence-electron chi connectivity index (χ3n) is 2.05. The van der Waals surface area contributed by atoms with Crippen molar-refractivity contribution in [2.45, 2.75) is 51.7 Å². The van der Waals surface area contributed by atoms with Gasteiger partial charge in [-0.2, -0.15) is 5.26 Å². The van der Waals surface area contributed by atoms with Crippen LogP contribution in [-0.2, 0) is 0 Å². The van der Waals surface area contributed by atoms with E-state index >= 15 is 0 Å². The Balaban J connectivity index is 3.99. The summed E-state index contributed by atoms with van der Waals surface area (Å²) in [5, 5.41) is 27.2.